The van der Waals surface area contributed by atoms with Crippen molar-refractivity contribution in [2.75, 3.05) is 5.73 Å². The summed E-state index contributed by atoms with van der Waals surface area (Å²) in [6, 6.07) is 9.42. The van der Waals surface area contributed by atoms with E-state index in [0.717, 1.165) is 16.5 Å². The number of fused-ring (bicyclic) bond motifs is 1. The van der Waals surface area contributed by atoms with Gasteiger partial charge in [0.1, 0.15) is 0 Å². The Morgan fingerprint density at radius 1 is 1.33 bits per heavy atom. The number of aromatic nitrogens is 3. The van der Waals surface area contributed by atoms with Gasteiger partial charge in [0, 0.05) is 35.8 Å². The van der Waals surface area contributed by atoms with Gasteiger partial charge in [0.05, 0.1) is 5.69 Å². The van der Waals surface area contributed by atoms with E-state index in [2.05, 4.69) is 9.97 Å². The van der Waals surface area contributed by atoms with Crippen molar-refractivity contribution in [3.05, 3.63) is 46.9 Å². The van der Waals surface area contributed by atoms with Gasteiger partial charge in [0.2, 0.25) is 5.95 Å². The smallest absolute Gasteiger partial charge is 0.252 e. The van der Waals surface area contributed by atoms with E-state index in [1.807, 2.05) is 42.1 Å². The summed E-state index contributed by atoms with van der Waals surface area (Å²) in [6.07, 6.45) is 1.95. The molecule has 5 nitrogen and oxygen atoms in total. The first-order chi connectivity index (χ1) is 8.65. The fourth-order valence-electron chi connectivity index (χ4n) is 2.16. The van der Waals surface area contributed by atoms with Gasteiger partial charge in [-0.1, -0.05) is 18.2 Å². The van der Waals surface area contributed by atoms with E-state index in [-0.39, 0.29) is 11.5 Å². The SMILES string of the molecule is Cn1cc(-c2cc(=O)[nH]c(N)n2)c2ccccc21. The largest absolute Gasteiger partial charge is 0.369 e. The van der Waals surface area contributed by atoms with Gasteiger partial charge >= 0.3 is 0 Å². The van der Waals surface area contributed by atoms with Crippen LogP contribution in [0, 0.1) is 0 Å². The molecule has 90 valence electrons. The zero-order chi connectivity index (χ0) is 12.7. The highest BCUT2D eigenvalue weighted by Crippen LogP contribution is 2.28. The van der Waals surface area contributed by atoms with Gasteiger partial charge in [0.15, 0.2) is 0 Å². The summed E-state index contributed by atoms with van der Waals surface area (Å²) in [5, 5.41) is 1.05. The molecule has 3 aromatic rings. The number of para-hydroxylation sites is 1. The molecular formula is C13H12N4O. The first-order valence-electron chi connectivity index (χ1n) is 5.56. The summed E-state index contributed by atoms with van der Waals surface area (Å²) in [5.41, 5.74) is 7.92. The molecule has 3 rings (SSSR count). The molecule has 0 unspecified atom stereocenters. The van der Waals surface area contributed by atoms with Crippen LogP contribution in [0.1, 0.15) is 0 Å². The zero-order valence-corrected chi connectivity index (χ0v) is 9.84. The number of nitrogens with one attached hydrogen (secondary N) is 1. The lowest BCUT2D eigenvalue weighted by Gasteiger charge is -1.99. The molecule has 0 aliphatic heterocycles. The van der Waals surface area contributed by atoms with Crippen LogP contribution < -0.4 is 11.3 Å². The topological polar surface area (TPSA) is 76.7 Å². The van der Waals surface area contributed by atoms with E-state index in [1.54, 1.807) is 0 Å². The number of rotatable bonds is 1. The molecule has 0 fully saturated rings. The molecule has 2 aromatic heterocycles. The van der Waals surface area contributed by atoms with E-state index in [1.165, 1.54) is 6.07 Å². The number of H-pyrrole nitrogens is 1. The third-order valence-corrected chi connectivity index (χ3v) is 2.93. The average molecular weight is 240 g/mol. The van der Waals surface area contributed by atoms with Crippen LogP contribution in [0.2, 0.25) is 0 Å². The first kappa shape index (κ1) is 10.6. The fourth-order valence-corrected chi connectivity index (χ4v) is 2.16. The van der Waals surface area contributed by atoms with Gasteiger partial charge in [-0.25, -0.2) is 4.98 Å². The maximum absolute atomic E-state index is 11.4. The van der Waals surface area contributed by atoms with Crippen LogP contribution in [0.4, 0.5) is 5.95 Å². The van der Waals surface area contributed by atoms with Crippen LogP contribution in [-0.4, -0.2) is 14.5 Å². The molecule has 2 heterocycles. The van der Waals surface area contributed by atoms with Crippen LogP contribution >= 0.6 is 0 Å². The van der Waals surface area contributed by atoms with E-state index in [4.69, 9.17) is 5.73 Å². The monoisotopic (exact) mass is 240 g/mol. The molecule has 0 amide bonds. The Morgan fingerprint density at radius 3 is 2.89 bits per heavy atom. The number of benzene rings is 1. The summed E-state index contributed by atoms with van der Waals surface area (Å²) < 4.78 is 2.00. The molecule has 0 radical (unpaired) electrons. The molecule has 3 N–H and O–H groups in total. The highest BCUT2D eigenvalue weighted by atomic mass is 16.1. The number of hydrogen-bond donors (Lipinski definition) is 2. The van der Waals surface area contributed by atoms with E-state index in [9.17, 15) is 4.79 Å². The molecular weight excluding hydrogens is 228 g/mol. The number of hydrogen-bond acceptors (Lipinski definition) is 3. The third-order valence-electron chi connectivity index (χ3n) is 2.93. The van der Waals surface area contributed by atoms with E-state index in [0.29, 0.717) is 5.69 Å². The van der Waals surface area contributed by atoms with Gasteiger partial charge < -0.3 is 10.3 Å². The van der Waals surface area contributed by atoms with Crippen LogP contribution in [0.5, 0.6) is 0 Å². The number of nitrogens with two attached hydrogens (primary N) is 1. The predicted molar refractivity (Wildman–Crippen MR) is 71.2 cm³/mol. The minimum absolute atomic E-state index is 0.130. The predicted octanol–water partition coefficient (Wildman–Crippen LogP) is 1.51. The number of nitrogens with zero attached hydrogens (tertiary/aromatic N) is 2. The fraction of sp³-hybridized carbons (Fsp3) is 0.0769. The number of nitrogen functional groups attached to an aromatic ring is 1. The van der Waals surface area contributed by atoms with Crippen LogP contribution in [0.25, 0.3) is 22.2 Å². The Kier molecular flexibility index (Phi) is 2.19. The third kappa shape index (κ3) is 1.57. The van der Waals surface area contributed by atoms with Gasteiger partial charge in [-0.2, -0.15) is 0 Å². The van der Waals surface area contributed by atoms with Crippen molar-refractivity contribution >= 4 is 16.9 Å². The highest BCUT2D eigenvalue weighted by Gasteiger charge is 2.10. The second kappa shape index (κ2) is 3.73. The van der Waals surface area contributed by atoms with Crippen molar-refractivity contribution in [3.63, 3.8) is 0 Å². The van der Waals surface area contributed by atoms with Gasteiger partial charge in [-0.05, 0) is 6.07 Å². The Labute approximate surface area is 103 Å². The molecule has 5 heteroatoms. The molecule has 18 heavy (non-hydrogen) atoms. The summed E-state index contributed by atoms with van der Waals surface area (Å²) >= 11 is 0. The second-order valence-corrected chi connectivity index (χ2v) is 4.19. The lowest BCUT2D eigenvalue weighted by molar-refractivity contribution is 0.969. The van der Waals surface area contributed by atoms with Crippen molar-refractivity contribution in [3.8, 4) is 11.3 Å². The van der Waals surface area contributed by atoms with Gasteiger partial charge in [0.25, 0.3) is 5.56 Å². The van der Waals surface area contributed by atoms with Gasteiger partial charge in [-0.15, -0.1) is 0 Å². The quantitative estimate of drug-likeness (QED) is 0.677. The lowest BCUT2D eigenvalue weighted by atomic mass is 10.1. The average Bonchev–Trinajstić information content (AvgIpc) is 2.66. The Morgan fingerprint density at radius 2 is 2.11 bits per heavy atom. The summed E-state index contributed by atoms with van der Waals surface area (Å²) in [5.74, 6) is 0.130. The lowest BCUT2D eigenvalue weighted by Crippen LogP contribution is -2.10. The Hall–Kier alpha value is -2.56. The second-order valence-electron chi connectivity index (χ2n) is 4.19. The van der Waals surface area contributed by atoms with E-state index >= 15 is 0 Å². The first-order valence-corrected chi connectivity index (χ1v) is 5.56. The Balaban J connectivity index is 2.35. The highest BCUT2D eigenvalue weighted by molar-refractivity contribution is 5.95. The summed E-state index contributed by atoms with van der Waals surface area (Å²) in [7, 11) is 1.96. The summed E-state index contributed by atoms with van der Waals surface area (Å²) in [6.45, 7) is 0. The molecule has 1 aromatic carbocycles. The summed E-state index contributed by atoms with van der Waals surface area (Å²) in [4.78, 5) is 18.1. The standard InChI is InChI=1S/C13H12N4O/c1-17-7-9(8-4-2-3-5-11(8)17)10-6-12(18)16-13(14)15-10/h2-7H,1H3,(H3,14,15,16,18). The maximum Gasteiger partial charge on any atom is 0.252 e. The number of aromatic amines is 1. The number of aryl methyl sites for hydroxylation is 1. The van der Waals surface area contributed by atoms with Crippen molar-refractivity contribution in [2.45, 2.75) is 0 Å². The molecule has 0 saturated carbocycles. The number of anilines is 1. The van der Waals surface area contributed by atoms with Crippen LogP contribution in [0.3, 0.4) is 0 Å². The van der Waals surface area contributed by atoms with Crippen LogP contribution in [-0.2, 0) is 7.05 Å². The molecule has 0 aliphatic rings. The minimum atomic E-state index is -0.245. The van der Waals surface area contributed by atoms with Gasteiger partial charge in [-0.3, -0.25) is 9.78 Å². The maximum atomic E-state index is 11.4. The van der Waals surface area contributed by atoms with Crippen molar-refractivity contribution in [2.24, 2.45) is 7.05 Å². The van der Waals surface area contributed by atoms with Crippen LogP contribution in [0.15, 0.2) is 41.3 Å². The molecule has 0 atom stereocenters. The van der Waals surface area contributed by atoms with E-state index < -0.39 is 0 Å². The zero-order valence-electron chi connectivity index (χ0n) is 9.84. The molecule has 0 saturated heterocycles. The Bertz CT molecular complexity index is 785. The normalized spacial score (nSPS) is 10.9. The molecule has 0 aliphatic carbocycles. The van der Waals surface area contributed by atoms with Crippen molar-refractivity contribution < 1.29 is 0 Å². The van der Waals surface area contributed by atoms with Crippen molar-refractivity contribution in [1.82, 2.24) is 14.5 Å². The molecule has 0 bridgehead atoms. The van der Waals surface area contributed by atoms with Crippen molar-refractivity contribution in [1.29, 1.82) is 0 Å². The minimum Gasteiger partial charge on any atom is -0.369 e. The molecule has 0 spiro atoms.